The van der Waals surface area contributed by atoms with Crippen molar-refractivity contribution in [3.05, 3.63) is 0 Å². The van der Waals surface area contributed by atoms with Crippen molar-refractivity contribution in [3.63, 3.8) is 0 Å². The van der Waals surface area contributed by atoms with E-state index in [0.29, 0.717) is 0 Å². The molecule has 0 aromatic rings. The molecule has 1 rings (SSSR count). The molecule has 1 aliphatic heterocycles. The molecule has 0 aromatic carbocycles. The molecule has 3 nitrogen and oxygen atoms in total. The Hall–Kier alpha value is -0.730. The van der Waals surface area contributed by atoms with Crippen molar-refractivity contribution in [2.45, 2.75) is 27.7 Å². The van der Waals surface area contributed by atoms with E-state index in [-0.39, 0.29) is 6.79 Å². The summed E-state index contributed by atoms with van der Waals surface area (Å²) in [6.07, 6.45) is 1.26. The second kappa shape index (κ2) is 15.7. The zero-order valence-corrected chi connectivity index (χ0v) is 6.55. The minimum absolute atomic E-state index is 0.278. The number of hydrogen-bond acceptors (Lipinski definition) is 3. The van der Waals surface area contributed by atoms with E-state index in [9.17, 15) is 0 Å². The lowest BCUT2D eigenvalue weighted by Gasteiger charge is -1.77. The molecule has 0 aromatic heterocycles. The molecule has 0 bridgehead atoms. The average molecular weight is 133 g/mol. The number of rotatable bonds is 0. The van der Waals surface area contributed by atoms with E-state index in [1.807, 2.05) is 27.7 Å². The number of nitrogens with zero attached hydrogens (tertiary/aromatic N) is 1. The Morgan fingerprint density at radius 2 is 1.78 bits per heavy atom. The third-order valence-corrected chi connectivity index (χ3v) is 0.313. The first kappa shape index (κ1) is 11.1. The second-order valence-electron chi connectivity index (χ2n) is 0.624. The van der Waals surface area contributed by atoms with Crippen LogP contribution in [0, 0.1) is 0 Å². The fourth-order valence-electron chi connectivity index (χ4n) is 0.152. The van der Waals surface area contributed by atoms with Crippen molar-refractivity contribution in [1.82, 2.24) is 0 Å². The van der Waals surface area contributed by atoms with Crippen molar-refractivity contribution in [3.8, 4) is 0 Å². The maximum Gasteiger partial charge on any atom is 0.257 e. The topological polar surface area (TPSA) is 30.8 Å². The van der Waals surface area contributed by atoms with E-state index in [1.165, 1.54) is 6.40 Å². The molecule has 0 atom stereocenters. The summed E-state index contributed by atoms with van der Waals surface area (Å²) in [6.45, 7) is 8.28. The molecule has 0 spiro atoms. The van der Waals surface area contributed by atoms with Crippen LogP contribution in [0.2, 0.25) is 0 Å². The monoisotopic (exact) mass is 133 g/mol. The predicted molar refractivity (Wildman–Crippen MR) is 38.2 cm³/mol. The van der Waals surface area contributed by atoms with Crippen molar-refractivity contribution >= 4 is 6.40 Å². The van der Waals surface area contributed by atoms with Crippen molar-refractivity contribution < 1.29 is 9.57 Å². The van der Waals surface area contributed by atoms with Crippen molar-refractivity contribution in [2.24, 2.45) is 5.16 Å². The first-order valence-electron chi connectivity index (χ1n) is 3.25. The van der Waals surface area contributed by atoms with Gasteiger partial charge in [0.15, 0.2) is 0 Å². The van der Waals surface area contributed by atoms with Gasteiger partial charge in [0.25, 0.3) is 6.79 Å². The Bertz CT molecular complexity index is 49.0. The summed E-state index contributed by atoms with van der Waals surface area (Å²) in [5, 5.41) is 3.24. The smallest absolute Gasteiger partial charge is 0.257 e. The van der Waals surface area contributed by atoms with Gasteiger partial charge < -0.3 is 9.57 Å². The van der Waals surface area contributed by atoms with Crippen LogP contribution in [0.25, 0.3) is 0 Å². The zero-order chi connectivity index (χ0) is 7.54. The van der Waals surface area contributed by atoms with E-state index in [2.05, 4.69) is 14.7 Å². The molecule has 1 aliphatic rings. The maximum atomic E-state index is 4.43. The lowest BCUT2D eigenvalue weighted by atomic mass is 11.0. The van der Waals surface area contributed by atoms with Gasteiger partial charge in [-0.25, -0.2) is 0 Å². The highest BCUT2D eigenvalue weighted by Gasteiger charge is 1.84. The van der Waals surface area contributed by atoms with Crippen LogP contribution in [0.15, 0.2) is 5.16 Å². The van der Waals surface area contributed by atoms with Crippen LogP contribution in [0.5, 0.6) is 0 Å². The van der Waals surface area contributed by atoms with Crippen LogP contribution in [-0.2, 0) is 9.57 Å². The Morgan fingerprint density at radius 3 is 1.89 bits per heavy atom. The molecule has 9 heavy (non-hydrogen) atoms. The fraction of sp³-hybridized carbons (Fsp3) is 0.833. The van der Waals surface area contributed by atoms with Gasteiger partial charge in [-0.1, -0.05) is 32.9 Å². The van der Waals surface area contributed by atoms with E-state index in [4.69, 9.17) is 0 Å². The molecule has 0 saturated carbocycles. The van der Waals surface area contributed by atoms with E-state index in [1.54, 1.807) is 0 Å². The Labute approximate surface area is 56.6 Å². The average Bonchev–Trinajstić information content (AvgIpc) is 2.51. The van der Waals surface area contributed by atoms with Gasteiger partial charge in [0, 0.05) is 0 Å². The van der Waals surface area contributed by atoms with E-state index >= 15 is 0 Å². The third kappa shape index (κ3) is 11.1. The summed E-state index contributed by atoms with van der Waals surface area (Å²) >= 11 is 0. The minimum atomic E-state index is 0.278. The van der Waals surface area contributed by atoms with Gasteiger partial charge in [0.2, 0.25) is 6.40 Å². The zero-order valence-electron chi connectivity index (χ0n) is 6.55. The third-order valence-electron chi connectivity index (χ3n) is 0.313. The first-order valence-corrected chi connectivity index (χ1v) is 3.25. The van der Waals surface area contributed by atoms with Gasteiger partial charge >= 0.3 is 0 Å². The number of oxime groups is 1. The molecular weight excluding hydrogens is 118 g/mol. The van der Waals surface area contributed by atoms with Crippen LogP contribution in [0.1, 0.15) is 27.7 Å². The van der Waals surface area contributed by atoms with Crippen LogP contribution >= 0.6 is 0 Å². The molecule has 56 valence electrons. The summed E-state index contributed by atoms with van der Waals surface area (Å²) in [7, 11) is 0. The molecule has 0 radical (unpaired) electrons. The standard InChI is InChI=1S/C2H3NO2.2C2H6/c1-3-5-2-4-1;2*1-2/h1H,2H2;2*1-2H3. The van der Waals surface area contributed by atoms with Gasteiger partial charge in [0.05, 0.1) is 0 Å². The minimum Gasteiger partial charge on any atom is -0.441 e. The summed E-state index contributed by atoms with van der Waals surface area (Å²) in [6, 6.07) is 0. The summed E-state index contributed by atoms with van der Waals surface area (Å²) in [5.41, 5.74) is 0. The van der Waals surface area contributed by atoms with Crippen molar-refractivity contribution in [2.75, 3.05) is 6.79 Å². The largest absolute Gasteiger partial charge is 0.441 e. The Morgan fingerprint density at radius 1 is 1.22 bits per heavy atom. The normalized spacial score (nSPS) is 11.1. The van der Waals surface area contributed by atoms with Crippen LogP contribution < -0.4 is 0 Å². The molecule has 0 fully saturated rings. The maximum absolute atomic E-state index is 4.43. The van der Waals surface area contributed by atoms with Gasteiger partial charge in [-0.2, -0.15) is 0 Å². The van der Waals surface area contributed by atoms with Gasteiger partial charge in [-0.3, -0.25) is 0 Å². The molecule has 0 saturated heterocycles. The highest BCUT2D eigenvalue weighted by molar-refractivity contribution is 5.45. The van der Waals surface area contributed by atoms with Crippen molar-refractivity contribution in [1.29, 1.82) is 0 Å². The fourth-order valence-corrected chi connectivity index (χ4v) is 0.152. The van der Waals surface area contributed by atoms with Crippen LogP contribution in [0.3, 0.4) is 0 Å². The summed E-state index contributed by atoms with van der Waals surface area (Å²) in [4.78, 5) is 4.29. The lowest BCUT2D eigenvalue weighted by Crippen LogP contribution is -1.77. The van der Waals surface area contributed by atoms with E-state index < -0.39 is 0 Å². The highest BCUT2D eigenvalue weighted by atomic mass is 16.8. The van der Waals surface area contributed by atoms with Gasteiger partial charge in [-0.05, 0) is 0 Å². The lowest BCUT2D eigenvalue weighted by molar-refractivity contribution is 0.0595. The first-order chi connectivity index (χ1) is 4.50. The highest BCUT2D eigenvalue weighted by Crippen LogP contribution is 1.81. The second-order valence-corrected chi connectivity index (χ2v) is 0.624. The van der Waals surface area contributed by atoms with Crippen LogP contribution in [-0.4, -0.2) is 13.2 Å². The quantitative estimate of drug-likeness (QED) is 0.506. The SMILES string of the molecule is C1=NOCO1.CC.CC. The molecule has 0 unspecified atom stereocenters. The molecular formula is C6H15NO2. The predicted octanol–water partition coefficient (Wildman–Crippen LogP) is 1.99. The number of hydrogen-bond donors (Lipinski definition) is 0. The van der Waals surface area contributed by atoms with Crippen LogP contribution in [0.4, 0.5) is 0 Å². The summed E-state index contributed by atoms with van der Waals surface area (Å²) < 4.78 is 4.43. The summed E-state index contributed by atoms with van der Waals surface area (Å²) in [5.74, 6) is 0. The molecule has 0 amide bonds. The Balaban J connectivity index is 0. The molecule has 0 aliphatic carbocycles. The Kier molecular flexibility index (Phi) is 19.4. The van der Waals surface area contributed by atoms with Gasteiger partial charge in [0.1, 0.15) is 0 Å². The number of ether oxygens (including phenoxy) is 1. The molecule has 0 N–H and O–H groups in total. The van der Waals surface area contributed by atoms with E-state index in [0.717, 1.165) is 0 Å². The molecule has 3 heteroatoms. The van der Waals surface area contributed by atoms with Gasteiger partial charge in [-0.15, -0.1) is 0 Å². The molecule has 1 heterocycles.